The molecule has 0 aliphatic carbocycles. The molecular formula is C22H25FN2O5. The van der Waals surface area contributed by atoms with Gasteiger partial charge in [-0.05, 0) is 55.8 Å². The van der Waals surface area contributed by atoms with Crippen molar-refractivity contribution < 1.29 is 28.2 Å². The van der Waals surface area contributed by atoms with E-state index in [9.17, 15) is 18.8 Å². The van der Waals surface area contributed by atoms with Gasteiger partial charge in [-0.2, -0.15) is 0 Å². The molecule has 30 heavy (non-hydrogen) atoms. The summed E-state index contributed by atoms with van der Waals surface area (Å²) in [5, 5.41) is 2.59. The fourth-order valence-electron chi connectivity index (χ4n) is 2.77. The third-order valence-electron chi connectivity index (χ3n) is 4.40. The van der Waals surface area contributed by atoms with Crippen molar-refractivity contribution in [3.63, 3.8) is 0 Å². The minimum Gasteiger partial charge on any atom is -0.494 e. The smallest absolute Gasteiger partial charge is 0.310 e. The number of rotatable bonds is 9. The third kappa shape index (κ3) is 6.30. The summed E-state index contributed by atoms with van der Waals surface area (Å²) in [5.41, 5.74) is 1.41. The number of halogens is 1. The first-order valence-electron chi connectivity index (χ1n) is 9.55. The number of esters is 1. The van der Waals surface area contributed by atoms with Crippen LogP contribution >= 0.6 is 0 Å². The minimum atomic E-state index is -0.658. The predicted molar refractivity (Wildman–Crippen MR) is 110 cm³/mol. The quantitative estimate of drug-likeness (QED) is 0.635. The van der Waals surface area contributed by atoms with Gasteiger partial charge in [0.05, 0.1) is 13.5 Å². The van der Waals surface area contributed by atoms with E-state index in [0.717, 1.165) is 0 Å². The standard InChI is InChI=1S/C22H25FN2O5/c1-4-25(5-2)22(28)16-7-9-17(10-8-16)24-20(26)14-30-21(27)13-15-6-11-19(29-3)18(23)12-15/h6-12H,4-5,13-14H2,1-3H3,(H,24,26). The van der Waals surface area contributed by atoms with Gasteiger partial charge in [0.2, 0.25) is 0 Å². The normalized spacial score (nSPS) is 10.3. The van der Waals surface area contributed by atoms with Crippen LogP contribution in [0.15, 0.2) is 42.5 Å². The zero-order valence-corrected chi connectivity index (χ0v) is 17.2. The first-order valence-corrected chi connectivity index (χ1v) is 9.55. The molecule has 0 radical (unpaired) electrons. The largest absolute Gasteiger partial charge is 0.494 e. The SMILES string of the molecule is CCN(CC)C(=O)c1ccc(NC(=O)COC(=O)Cc2ccc(OC)c(F)c2)cc1. The summed E-state index contributed by atoms with van der Waals surface area (Å²) in [6, 6.07) is 10.6. The van der Waals surface area contributed by atoms with E-state index in [0.29, 0.717) is 29.9 Å². The van der Waals surface area contributed by atoms with Crippen LogP contribution < -0.4 is 10.1 Å². The zero-order valence-electron chi connectivity index (χ0n) is 17.2. The van der Waals surface area contributed by atoms with Crippen molar-refractivity contribution in [2.75, 3.05) is 32.1 Å². The van der Waals surface area contributed by atoms with Crippen molar-refractivity contribution in [1.82, 2.24) is 4.90 Å². The molecule has 2 aromatic carbocycles. The highest BCUT2D eigenvalue weighted by Gasteiger charge is 2.13. The zero-order chi connectivity index (χ0) is 22.1. The topological polar surface area (TPSA) is 84.9 Å². The summed E-state index contributed by atoms with van der Waals surface area (Å²) in [4.78, 5) is 37.8. The van der Waals surface area contributed by atoms with E-state index in [-0.39, 0.29) is 18.1 Å². The molecule has 0 aliphatic rings. The average molecular weight is 416 g/mol. The Morgan fingerprint density at radius 1 is 1.03 bits per heavy atom. The van der Waals surface area contributed by atoms with Crippen molar-refractivity contribution >= 4 is 23.5 Å². The second kappa shape index (κ2) is 10.9. The Kier molecular flexibility index (Phi) is 8.34. The number of nitrogens with zero attached hydrogens (tertiary/aromatic N) is 1. The lowest BCUT2D eigenvalue weighted by Crippen LogP contribution is -2.30. The molecule has 0 aliphatic heterocycles. The lowest BCUT2D eigenvalue weighted by molar-refractivity contribution is -0.146. The monoisotopic (exact) mass is 416 g/mol. The Hall–Kier alpha value is -3.42. The third-order valence-corrected chi connectivity index (χ3v) is 4.40. The van der Waals surface area contributed by atoms with Gasteiger partial charge in [0.25, 0.3) is 11.8 Å². The first-order chi connectivity index (χ1) is 14.4. The number of anilines is 1. The van der Waals surface area contributed by atoms with E-state index in [1.54, 1.807) is 35.2 Å². The van der Waals surface area contributed by atoms with Crippen LogP contribution in [0.5, 0.6) is 5.75 Å². The van der Waals surface area contributed by atoms with E-state index in [1.807, 2.05) is 13.8 Å². The molecule has 0 saturated heterocycles. The van der Waals surface area contributed by atoms with E-state index in [1.165, 1.54) is 19.2 Å². The van der Waals surface area contributed by atoms with E-state index in [4.69, 9.17) is 9.47 Å². The molecule has 0 spiro atoms. The highest BCUT2D eigenvalue weighted by Crippen LogP contribution is 2.18. The molecular weight excluding hydrogens is 391 g/mol. The van der Waals surface area contributed by atoms with Crippen LogP contribution in [-0.4, -0.2) is 49.5 Å². The summed E-state index contributed by atoms with van der Waals surface area (Å²) in [7, 11) is 1.35. The van der Waals surface area contributed by atoms with Gasteiger partial charge in [0.1, 0.15) is 0 Å². The Labute approximate surface area is 174 Å². The van der Waals surface area contributed by atoms with Gasteiger partial charge in [-0.15, -0.1) is 0 Å². The molecule has 0 atom stereocenters. The van der Waals surface area contributed by atoms with E-state index < -0.39 is 24.3 Å². The second-order valence-electron chi connectivity index (χ2n) is 6.41. The number of nitrogens with one attached hydrogen (secondary N) is 1. The number of methoxy groups -OCH3 is 1. The molecule has 2 rings (SSSR count). The maximum atomic E-state index is 13.7. The molecule has 2 aromatic rings. The molecule has 160 valence electrons. The number of hydrogen-bond donors (Lipinski definition) is 1. The minimum absolute atomic E-state index is 0.0799. The lowest BCUT2D eigenvalue weighted by atomic mass is 10.1. The van der Waals surface area contributed by atoms with Gasteiger partial charge >= 0.3 is 5.97 Å². The molecule has 2 amide bonds. The van der Waals surface area contributed by atoms with E-state index >= 15 is 0 Å². The molecule has 0 unspecified atom stereocenters. The van der Waals surface area contributed by atoms with Crippen LogP contribution in [0.2, 0.25) is 0 Å². The van der Waals surface area contributed by atoms with Crippen molar-refractivity contribution in [2.45, 2.75) is 20.3 Å². The molecule has 7 nitrogen and oxygen atoms in total. The summed E-state index contributed by atoms with van der Waals surface area (Å²) in [6.45, 7) is 4.56. The molecule has 8 heteroatoms. The first kappa shape index (κ1) is 22.9. The highest BCUT2D eigenvalue weighted by molar-refractivity contribution is 5.96. The number of ether oxygens (including phenoxy) is 2. The Bertz CT molecular complexity index is 895. The van der Waals surface area contributed by atoms with Crippen LogP contribution in [0.3, 0.4) is 0 Å². The molecule has 0 bridgehead atoms. The van der Waals surface area contributed by atoms with Crippen molar-refractivity contribution in [1.29, 1.82) is 0 Å². The second-order valence-corrected chi connectivity index (χ2v) is 6.41. The maximum Gasteiger partial charge on any atom is 0.310 e. The Morgan fingerprint density at radius 3 is 2.27 bits per heavy atom. The van der Waals surface area contributed by atoms with Gasteiger partial charge in [0.15, 0.2) is 18.2 Å². The van der Waals surface area contributed by atoms with Gasteiger partial charge < -0.3 is 19.7 Å². The van der Waals surface area contributed by atoms with Crippen LogP contribution in [0, 0.1) is 5.82 Å². The fraction of sp³-hybridized carbons (Fsp3) is 0.318. The fourth-order valence-corrected chi connectivity index (χ4v) is 2.77. The van der Waals surface area contributed by atoms with Crippen LogP contribution in [0.1, 0.15) is 29.8 Å². The van der Waals surface area contributed by atoms with Gasteiger partial charge in [-0.25, -0.2) is 4.39 Å². The van der Waals surface area contributed by atoms with Gasteiger partial charge in [0, 0.05) is 24.3 Å². The summed E-state index contributed by atoms with van der Waals surface area (Å²) in [5.74, 6) is -1.76. The summed E-state index contributed by atoms with van der Waals surface area (Å²) in [6.07, 6.45) is -0.170. The van der Waals surface area contributed by atoms with Crippen LogP contribution in [0.4, 0.5) is 10.1 Å². The van der Waals surface area contributed by atoms with Crippen LogP contribution in [-0.2, 0) is 20.7 Å². The van der Waals surface area contributed by atoms with Crippen LogP contribution in [0.25, 0.3) is 0 Å². The Balaban J connectivity index is 1.83. The predicted octanol–water partition coefficient (Wildman–Crippen LogP) is 3.04. The number of hydrogen-bond acceptors (Lipinski definition) is 5. The van der Waals surface area contributed by atoms with Gasteiger partial charge in [-0.3, -0.25) is 14.4 Å². The number of amides is 2. The Morgan fingerprint density at radius 2 is 1.70 bits per heavy atom. The summed E-state index contributed by atoms with van der Waals surface area (Å²) >= 11 is 0. The van der Waals surface area contributed by atoms with Crippen molar-refractivity contribution in [2.24, 2.45) is 0 Å². The van der Waals surface area contributed by atoms with E-state index in [2.05, 4.69) is 5.32 Å². The maximum absolute atomic E-state index is 13.7. The van der Waals surface area contributed by atoms with Crippen molar-refractivity contribution in [3.8, 4) is 5.75 Å². The molecule has 0 fully saturated rings. The van der Waals surface area contributed by atoms with Gasteiger partial charge in [-0.1, -0.05) is 6.07 Å². The lowest BCUT2D eigenvalue weighted by Gasteiger charge is -2.18. The number of benzene rings is 2. The number of carbonyl (C=O) groups is 3. The molecule has 1 N–H and O–H groups in total. The molecule has 0 aromatic heterocycles. The average Bonchev–Trinajstić information content (AvgIpc) is 2.74. The number of carbonyl (C=O) groups excluding carboxylic acids is 3. The summed E-state index contributed by atoms with van der Waals surface area (Å²) < 4.78 is 23.4. The molecule has 0 heterocycles. The molecule has 0 saturated carbocycles. The highest BCUT2D eigenvalue weighted by atomic mass is 19.1. The van der Waals surface area contributed by atoms with Crippen molar-refractivity contribution in [3.05, 3.63) is 59.4 Å².